The maximum atomic E-state index is 13.4. The van der Waals surface area contributed by atoms with Crippen LogP contribution in [-0.2, 0) is 9.53 Å². The number of carbonyl (C=O) groups is 2. The molecule has 1 aromatic carbocycles. The molecule has 0 saturated heterocycles. The number of ether oxygens (including phenoxy) is 1. The number of hydrogen-bond donors (Lipinski definition) is 1. The van der Waals surface area contributed by atoms with Crippen LogP contribution in [0.1, 0.15) is 29.3 Å². The van der Waals surface area contributed by atoms with Gasteiger partial charge < -0.3 is 10.1 Å². The maximum Gasteiger partial charge on any atom is 0.340 e. The highest BCUT2D eigenvalue weighted by Crippen LogP contribution is 2.13. The Morgan fingerprint density at radius 3 is 2.79 bits per heavy atom. The number of amides is 1. The van der Waals surface area contributed by atoms with E-state index in [1.807, 2.05) is 6.08 Å². The molecule has 0 saturated carbocycles. The Hall–Kier alpha value is -2.17. The van der Waals surface area contributed by atoms with Gasteiger partial charge in [-0.3, -0.25) is 4.79 Å². The van der Waals surface area contributed by atoms with Gasteiger partial charge in [-0.1, -0.05) is 18.2 Å². The second kappa shape index (κ2) is 7.31. The largest absolute Gasteiger partial charge is 0.465 e. The molecule has 19 heavy (non-hydrogen) atoms. The molecule has 0 atom stereocenters. The van der Waals surface area contributed by atoms with Crippen LogP contribution in [0.4, 0.5) is 4.39 Å². The predicted octanol–water partition coefficient (Wildman–Crippen LogP) is 2.15. The van der Waals surface area contributed by atoms with Gasteiger partial charge in [0.15, 0.2) is 0 Å². The van der Waals surface area contributed by atoms with E-state index < -0.39 is 11.8 Å². The van der Waals surface area contributed by atoms with E-state index in [1.54, 1.807) is 12.1 Å². The first kappa shape index (κ1) is 14.9. The van der Waals surface area contributed by atoms with Crippen molar-refractivity contribution in [2.24, 2.45) is 0 Å². The van der Waals surface area contributed by atoms with E-state index in [-0.39, 0.29) is 11.5 Å². The zero-order valence-corrected chi connectivity index (χ0v) is 10.9. The van der Waals surface area contributed by atoms with E-state index >= 15 is 0 Å². The molecule has 5 heteroatoms. The molecule has 0 spiro atoms. The minimum Gasteiger partial charge on any atom is -0.465 e. The van der Waals surface area contributed by atoms with Gasteiger partial charge >= 0.3 is 5.97 Å². The topological polar surface area (TPSA) is 55.4 Å². The molecule has 0 fully saturated rings. The SMILES string of the molecule is COC(=O)c1cc(C=CCCNC(C)=O)ccc1F. The van der Waals surface area contributed by atoms with Gasteiger partial charge in [0.1, 0.15) is 5.82 Å². The van der Waals surface area contributed by atoms with Gasteiger partial charge in [0.25, 0.3) is 0 Å². The summed E-state index contributed by atoms with van der Waals surface area (Å²) in [4.78, 5) is 21.9. The molecule has 0 heterocycles. The number of carbonyl (C=O) groups excluding carboxylic acids is 2. The Bertz CT molecular complexity index is 497. The lowest BCUT2D eigenvalue weighted by Gasteiger charge is -2.02. The van der Waals surface area contributed by atoms with Crippen molar-refractivity contribution in [3.63, 3.8) is 0 Å². The van der Waals surface area contributed by atoms with E-state index in [2.05, 4.69) is 10.1 Å². The fourth-order valence-electron chi connectivity index (χ4n) is 1.46. The van der Waals surface area contributed by atoms with Gasteiger partial charge in [0.2, 0.25) is 5.91 Å². The van der Waals surface area contributed by atoms with Crippen molar-refractivity contribution in [2.75, 3.05) is 13.7 Å². The van der Waals surface area contributed by atoms with Crippen LogP contribution in [0.25, 0.3) is 6.08 Å². The summed E-state index contributed by atoms with van der Waals surface area (Å²) in [5.74, 6) is -1.39. The quantitative estimate of drug-likeness (QED) is 0.655. The van der Waals surface area contributed by atoms with E-state index in [9.17, 15) is 14.0 Å². The van der Waals surface area contributed by atoms with Crippen molar-refractivity contribution in [1.82, 2.24) is 5.32 Å². The van der Waals surface area contributed by atoms with Crippen molar-refractivity contribution in [2.45, 2.75) is 13.3 Å². The van der Waals surface area contributed by atoms with Crippen LogP contribution in [0, 0.1) is 5.82 Å². The third-order valence-corrected chi connectivity index (χ3v) is 2.39. The number of benzene rings is 1. The number of nitrogens with one attached hydrogen (secondary N) is 1. The molecular formula is C14H16FNO3. The summed E-state index contributed by atoms with van der Waals surface area (Å²) < 4.78 is 17.9. The molecule has 1 rings (SSSR count). The number of methoxy groups -OCH3 is 1. The summed E-state index contributed by atoms with van der Waals surface area (Å²) in [6.07, 6.45) is 4.25. The van der Waals surface area contributed by atoms with Gasteiger partial charge in [-0.05, 0) is 24.1 Å². The monoisotopic (exact) mass is 265 g/mol. The highest BCUT2D eigenvalue weighted by molar-refractivity contribution is 5.90. The Balaban J connectivity index is 2.66. The minimum atomic E-state index is -0.703. The van der Waals surface area contributed by atoms with Crippen LogP contribution in [0.3, 0.4) is 0 Å². The Kier molecular flexibility index (Phi) is 5.73. The van der Waals surface area contributed by atoms with Crippen LogP contribution in [-0.4, -0.2) is 25.5 Å². The standard InChI is InChI=1S/C14H16FNO3/c1-10(17)16-8-4-3-5-11-6-7-13(15)12(9-11)14(18)19-2/h3,5-7,9H,4,8H2,1-2H3,(H,16,17). The predicted molar refractivity (Wildman–Crippen MR) is 70.1 cm³/mol. The number of rotatable bonds is 5. The molecule has 4 nitrogen and oxygen atoms in total. The molecule has 1 amide bonds. The first-order valence-corrected chi connectivity index (χ1v) is 5.83. The normalized spacial score (nSPS) is 10.5. The van der Waals surface area contributed by atoms with E-state index in [1.165, 1.54) is 26.2 Å². The Morgan fingerprint density at radius 2 is 2.16 bits per heavy atom. The van der Waals surface area contributed by atoms with Crippen molar-refractivity contribution < 1.29 is 18.7 Å². The summed E-state index contributed by atoms with van der Waals surface area (Å²) in [5, 5.41) is 2.66. The number of hydrogen-bond acceptors (Lipinski definition) is 3. The molecule has 0 radical (unpaired) electrons. The van der Waals surface area contributed by atoms with Gasteiger partial charge in [-0.25, -0.2) is 9.18 Å². The summed E-state index contributed by atoms with van der Waals surface area (Å²) in [5.41, 5.74) is 0.608. The molecule has 0 bridgehead atoms. The first-order chi connectivity index (χ1) is 9.04. The number of halogens is 1. The molecule has 0 aliphatic carbocycles. The number of esters is 1. The van der Waals surface area contributed by atoms with Crippen molar-refractivity contribution in [1.29, 1.82) is 0 Å². The Labute approximate surface area is 111 Å². The first-order valence-electron chi connectivity index (χ1n) is 5.83. The van der Waals surface area contributed by atoms with Crippen molar-refractivity contribution >= 4 is 18.0 Å². The summed E-state index contributed by atoms with van der Waals surface area (Å²) in [6.45, 7) is 1.99. The fourth-order valence-corrected chi connectivity index (χ4v) is 1.46. The molecule has 102 valence electrons. The second-order valence-electron chi connectivity index (χ2n) is 3.90. The fraction of sp³-hybridized carbons (Fsp3) is 0.286. The van der Waals surface area contributed by atoms with Gasteiger partial charge in [-0.2, -0.15) is 0 Å². The molecule has 0 aliphatic rings. The molecule has 0 unspecified atom stereocenters. The summed E-state index contributed by atoms with van der Waals surface area (Å²) in [6, 6.07) is 4.21. The van der Waals surface area contributed by atoms with Gasteiger partial charge in [-0.15, -0.1) is 0 Å². The van der Waals surface area contributed by atoms with Crippen LogP contribution in [0.2, 0.25) is 0 Å². The van der Waals surface area contributed by atoms with E-state index in [4.69, 9.17) is 0 Å². The molecule has 0 aliphatic heterocycles. The molecule has 1 aromatic rings. The van der Waals surface area contributed by atoms with Crippen LogP contribution in [0.5, 0.6) is 0 Å². The average Bonchev–Trinajstić information content (AvgIpc) is 2.39. The van der Waals surface area contributed by atoms with Crippen LogP contribution in [0.15, 0.2) is 24.3 Å². The molecular weight excluding hydrogens is 249 g/mol. The summed E-state index contributed by atoms with van der Waals surface area (Å²) in [7, 11) is 1.21. The lowest BCUT2D eigenvalue weighted by Crippen LogP contribution is -2.20. The maximum absolute atomic E-state index is 13.4. The van der Waals surface area contributed by atoms with Gasteiger partial charge in [0, 0.05) is 13.5 Å². The van der Waals surface area contributed by atoms with Crippen molar-refractivity contribution in [3.05, 3.63) is 41.2 Å². The lowest BCUT2D eigenvalue weighted by atomic mass is 10.1. The van der Waals surface area contributed by atoms with E-state index in [0.717, 1.165) is 0 Å². The lowest BCUT2D eigenvalue weighted by molar-refractivity contribution is -0.118. The highest BCUT2D eigenvalue weighted by Gasteiger charge is 2.11. The molecule has 0 aromatic heterocycles. The van der Waals surface area contributed by atoms with Crippen LogP contribution >= 0.6 is 0 Å². The van der Waals surface area contributed by atoms with E-state index in [0.29, 0.717) is 18.5 Å². The third-order valence-electron chi connectivity index (χ3n) is 2.39. The van der Waals surface area contributed by atoms with Crippen LogP contribution < -0.4 is 5.32 Å². The zero-order valence-electron chi connectivity index (χ0n) is 10.9. The molecule has 1 N–H and O–H groups in total. The Morgan fingerprint density at radius 1 is 1.42 bits per heavy atom. The smallest absolute Gasteiger partial charge is 0.340 e. The van der Waals surface area contributed by atoms with Gasteiger partial charge in [0.05, 0.1) is 12.7 Å². The third kappa shape index (κ3) is 4.91. The second-order valence-corrected chi connectivity index (χ2v) is 3.90. The highest BCUT2D eigenvalue weighted by atomic mass is 19.1. The van der Waals surface area contributed by atoms with Crippen molar-refractivity contribution in [3.8, 4) is 0 Å². The zero-order chi connectivity index (χ0) is 14.3. The summed E-state index contributed by atoms with van der Waals surface area (Å²) >= 11 is 0. The minimum absolute atomic E-state index is 0.0804. The average molecular weight is 265 g/mol.